The molecule has 0 saturated carbocycles. The minimum absolute atomic E-state index is 0.168. The Labute approximate surface area is 183 Å². The highest BCUT2D eigenvalue weighted by molar-refractivity contribution is 5.93. The van der Waals surface area contributed by atoms with Gasteiger partial charge in [0, 0.05) is 31.4 Å². The quantitative estimate of drug-likeness (QED) is 0.708. The van der Waals surface area contributed by atoms with Gasteiger partial charge in [0.25, 0.3) is 5.91 Å². The standard InChI is InChI=1S/C22H25F3N4O3/c1-16(22(23,24)25)32-20(31)27-14-10-21(11-15-27)9-5-12-28(21)19(30)18-8-13-29(26-18)17-6-3-2-4-7-17/h2-4,6-8,13,16H,5,9-12,14-15H2,1H3. The van der Waals surface area contributed by atoms with Gasteiger partial charge >= 0.3 is 12.3 Å². The second-order valence-electron chi connectivity index (χ2n) is 8.32. The number of piperidine rings is 1. The third-order valence-corrected chi connectivity index (χ3v) is 6.36. The van der Waals surface area contributed by atoms with Crippen LogP contribution in [-0.4, -0.2) is 69.0 Å². The number of rotatable bonds is 3. The van der Waals surface area contributed by atoms with E-state index in [9.17, 15) is 22.8 Å². The van der Waals surface area contributed by atoms with Crippen molar-refractivity contribution in [3.05, 3.63) is 48.3 Å². The number of ether oxygens (including phenoxy) is 1. The van der Waals surface area contributed by atoms with Gasteiger partial charge in [-0.3, -0.25) is 4.79 Å². The van der Waals surface area contributed by atoms with Gasteiger partial charge in [-0.05, 0) is 50.8 Å². The maximum Gasteiger partial charge on any atom is 0.425 e. The van der Waals surface area contributed by atoms with Crippen LogP contribution in [0.1, 0.15) is 43.1 Å². The van der Waals surface area contributed by atoms with E-state index in [0.717, 1.165) is 25.5 Å². The van der Waals surface area contributed by atoms with Gasteiger partial charge in [0.2, 0.25) is 0 Å². The summed E-state index contributed by atoms with van der Waals surface area (Å²) >= 11 is 0. The minimum atomic E-state index is -4.59. The Hall–Kier alpha value is -3.04. The maximum absolute atomic E-state index is 13.3. The molecule has 0 bridgehead atoms. The summed E-state index contributed by atoms with van der Waals surface area (Å²) in [7, 11) is 0. The predicted molar refractivity (Wildman–Crippen MR) is 109 cm³/mol. The average molecular weight is 450 g/mol. The number of para-hydroxylation sites is 1. The van der Waals surface area contributed by atoms with Gasteiger partial charge in [0.05, 0.1) is 5.69 Å². The van der Waals surface area contributed by atoms with Crippen molar-refractivity contribution in [2.75, 3.05) is 19.6 Å². The van der Waals surface area contributed by atoms with E-state index < -0.39 is 23.9 Å². The summed E-state index contributed by atoms with van der Waals surface area (Å²) in [6.07, 6.45) is -3.37. The highest BCUT2D eigenvalue weighted by Crippen LogP contribution is 2.39. The molecule has 2 aromatic rings. The number of amides is 2. The third kappa shape index (κ3) is 4.31. The molecule has 2 saturated heterocycles. The molecule has 2 aliphatic heterocycles. The van der Waals surface area contributed by atoms with E-state index in [1.165, 1.54) is 4.90 Å². The molecule has 1 spiro atoms. The zero-order valence-electron chi connectivity index (χ0n) is 17.7. The van der Waals surface area contributed by atoms with Gasteiger partial charge in [-0.15, -0.1) is 0 Å². The van der Waals surface area contributed by atoms with Gasteiger partial charge in [0.1, 0.15) is 0 Å². The van der Waals surface area contributed by atoms with E-state index in [0.29, 0.717) is 25.1 Å². The number of likely N-dealkylation sites (tertiary alicyclic amines) is 2. The number of halogens is 3. The maximum atomic E-state index is 13.3. The molecule has 1 aromatic heterocycles. The van der Waals surface area contributed by atoms with Crippen molar-refractivity contribution in [1.82, 2.24) is 19.6 Å². The Kier molecular flexibility index (Phi) is 5.87. The van der Waals surface area contributed by atoms with Crippen LogP contribution in [0.2, 0.25) is 0 Å². The number of nitrogens with zero attached hydrogens (tertiary/aromatic N) is 4. The normalized spacial score (nSPS) is 19.2. The van der Waals surface area contributed by atoms with Crippen LogP contribution in [0.25, 0.3) is 5.69 Å². The highest BCUT2D eigenvalue weighted by Gasteiger charge is 2.47. The summed E-state index contributed by atoms with van der Waals surface area (Å²) in [6.45, 7) is 1.89. The molecule has 0 N–H and O–H groups in total. The Morgan fingerprint density at radius 2 is 1.75 bits per heavy atom. The topological polar surface area (TPSA) is 67.7 Å². The molecule has 10 heteroatoms. The van der Waals surface area contributed by atoms with Crippen LogP contribution in [0.3, 0.4) is 0 Å². The van der Waals surface area contributed by atoms with E-state index >= 15 is 0 Å². The van der Waals surface area contributed by atoms with E-state index in [1.807, 2.05) is 35.2 Å². The van der Waals surface area contributed by atoms with Crippen LogP contribution in [-0.2, 0) is 4.74 Å². The smallest absolute Gasteiger partial charge is 0.425 e. The number of carbonyl (C=O) groups excluding carboxylic acids is 2. The van der Waals surface area contributed by atoms with Crippen molar-refractivity contribution in [1.29, 1.82) is 0 Å². The number of hydrogen-bond donors (Lipinski definition) is 0. The van der Waals surface area contributed by atoms with Crippen molar-refractivity contribution >= 4 is 12.0 Å². The zero-order valence-corrected chi connectivity index (χ0v) is 17.7. The fourth-order valence-electron chi connectivity index (χ4n) is 4.47. The van der Waals surface area contributed by atoms with E-state index in [4.69, 9.17) is 0 Å². The van der Waals surface area contributed by atoms with Gasteiger partial charge in [-0.25, -0.2) is 9.48 Å². The van der Waals surface area contributed by atoms with Crippen molar-refractivity contribution in [3.63, 3.8) is 0 Å². The number of benzene rings is 1. The fourth-order valence-corrected chi connectivity index (χ4v) is 4.47. The summed E-state index contributed by atoms with van der Waals surface area (Å²) in [5.74, 6) is -0.168. The fraction of sp³-hybridized carbons (Fsp3) is 0.500. The summed E-state index contributed by atoms with van der Waals surface area (Å²) in [5, 5.41) is 4.44. The lowest BCUT2D eigenvalue weighted by atomic mass is 9.85. The molecule has 2 aliphatic rings. The van der Waals surface area contributed by atoms with Crippen LogP contribution >= 0.6 is 0 Å². The van der Waals surface area contributed by atoms with Crippen LogP contribution in [0, 0.1) is 0 Å². The van der Waals surface area contributed by atoms with Gasteiger partial charge in [-0.2, -0.15) is 18.3 Å². The molecule has 172 valence electrons. The first kappa shape index (κ1) is 22.2. The van der Waals surface area contributed by atoms with E-state index in [-0.39, 0.29) is 19.0 Å². The molecule has 7 nitrogen and oxygen atoms in total. The lowest BCUT2D eigenvalue weighted by Gasteiger charge is -2.44. The number of carbonyl (C=O) groups is 2. The predicted octanol–water partition coefficient (Wildman–Crippen LogP) is 4.03. The molecule has 2 fully saturated rings. The van der Waals surface area contributed by atoms with Crippen LogP contribution < -0.4 is 0 Å². The largest absolute Gasteiger partial charge is 0.437 e. The molecule has 0 radical (unpaired) electrons. The van der Waals surface area contributed by atoms with Crippen molar-refractivity contribution in [3.8, 4) is 5.69 Å². The average Bonchev–Trinajstić information content (AvgIpc) is 3.42. The summed E-state index contributed by atoms with van der Waals surface area (Å²) in [5.41, 5.74) is 0.776. The zero-order chi connectivity index (χ0) is 22.9. The molecule has 1 aromatic carbocycles. The molecule has 4 rings (SSSR count). The molecule has 3 heterocycles. The first-order valence-corrected chi connectivity index (χ1v) is 10.6. The first-order chi connectivity index (χ1) is 15.2. The van der Waals surface area contributed by atoms with Gasteiger partial charge in [-0.1, -0.05) is 18.2 Å². The molecule has 1 unspecified atom stereocenters. The second-order valence-corrected chi connectivity index (χ2v) is 8.32. The highest BCUT2D eigenvalue weighted by atomic mass is 19.4. The van der Waals surface area contributed by atoms with Crippen molar-refractivity contribution in [2.45, 2.75) is 50.4 Å². The van der Waals surface area contributed by atoms with Gasteiger partial charge in [0.15, 0.2) is 11.8 Å². The van der Waals surface area contributed by atoms with Crippen molar-refractivity contribution < 1.29 is 27.5 Å². The Bertz CT molecular complexity index is 968. The van der Waals surface area contributed by atoms with Crippen molar-refractivity contribution in [2.24, 2.45) is 0 Å². The number of aromatic nitrogens is 2. The number of alkyl halides is 3. The molecular weight excluding hydrogens is 425 g/mol. The second kappa shape index (κ2) is 8.48. The summed E-state index contributed by atoms with van der Waals surface area (Å²) in [4.78, 5) is 28.5. The van der Waals surface area contributed by atoms with Crippen LogP contribution in [0.5, 0.6) is 0 Å². The monoisotopic (exact) mass is 450 g/mol. The lowest BCUT2D eigenvalue weighted by Crippen LogP contribution is -2.55. The summed E-state index contributed by atoms with van der Waals surface area (Å²) < 4.78 is 44.3. The first-order valence-electron chi connectivity index (χ1n) is 10.6. The number of hydrogen-bond acceptors (Lipinski definition) is 4. The molecule has 1 atom stereocenters. The molecule has 32 heavy (non-hydrogen) atoms. The van der Waals surface area contributed by atoms with Crippen LogP contribution in [0.15, 0.2) is 42.6 Å². The molecule has 0 aliphatic carbocycles. The third-order valence-electron chi connectivity index (χ3n) is 6.36. The van der Waals surface area contributed by atoms with E-state index in [1.54, 1.807) is 16.9 Å². The van der Waals surface area contributed by atoms with Gasteiger partial charge < -0.3 is 14.5 Å². The Morgan fingerprint density at radius 1 is 1.06 bits per heavy atom. The Morgan fingerprint density at radius 3 is 2.41 bits per heavy atom. The minimum Gasteiger partial charge on any atom is -0.437 e. The Balaban J connectivity index is 1.41. The lowest BCUT2D eigenvalue weighted by molar-refractivity contribution is -0.200. The van der Waals surface area contributed by atoms with E-state index in [2.05, 4.69) is 9.84 Å². The molecule has 2 amide bonds. The summed E-state index contributed by atoms with van der Waals surface area (Å²) in [6, 6.07) is 11.2. The SMILES string of the molecule is CC(OC(=O)N1CCC2(CCCN2C(=O)c2ccn(-c3ccccc3)n2)CC1)C(F)(F)F. The van der Waals surface area contributed by atoms with Crippen LogP contribution in [0.4, 0.5) is 18.0 Å². The molecular formula is C22H25F3N4O3.